The van der Waals surface area contributed by atoms with Crippen LogP contribution in [0.2, 0.25) is 0 Å². The lowest BCUT2D eigenvalue weighted by molar-refractivity contribution is 0.0537. The van der Waals surface area contributed by atoms with E-state index in [4.69, 9.17) is 0 Å². The molecule has 32 heavy (non-hydrogen) atoms. The Morgan fingerprint density at radius 2 is 2.09 bits per heavy atom. The lowest BCUT2D eigenvalue weighted by Gasteiger charge is -2.43. The molecule has 0 aromatic carbocycles. The second kappa shape index (κ2) is 9.25. The molecular formula is C22H33N7O3. The number of carbonyl (C=O) groups excluding carboxylic acids is 2. The highest BCUT2D eigenvalue weighted by Crippen LogP contribution is 2.41. The number of rotatable bonds is 4. The maximum Gasteiger partial charge on any atom is 0.321 e. The molecule has 2 aliphatic heterocycles. The molecule has 0 unspecified atom stereocenters. The predicted molar refractivity (Wildman–Crippen MR) is 121 cm³/mol. The summed E-state index contributed by atoms with van der Waals surface area (Å²) in [6.07, 6.45) is 1.56. The molecule has 2 aliphatic rings. The van der Waals surface area contributed by atoms with E-state index in [0.717, 1.165) is 24.3 Å². The Hall–Kier alpha value is -2.98. The van der Waals surface area contributed by atoms with Crippen LogP contribution in [0.3, 0.4) is 0 Å². The number of aliphatic hydroxyl groups excluding tert-OH is 1. The van der Waals surface area contributed by atoms with Gasteiger partial charge in [-0.3, -0.25) is 19.8 Å². The third-order valence-electron chi connectivity index (χ3n) is 6.20. The minimum atomic E-state index is -0.588. The van der Waals surface area contributed by atoms with Crippen molar-refractivity contribution >= 4 is 17.8 Å². The van der Waals surface area contributed by atoms with Gasteiger partial charge in [-0.25, -0.2) is 4.79 Å². The fourth-order valence-electron chi connectivity index (χ4n) is 4.41. The zero-order chi connectivity index (χ0) is 22.2. The number of aliphatic hydroxyl groups is 1. The first-order valence-corrected chi connectivity index (χ1v) is 10.5. The molecule has 10 nitrogen and oxygen atoms in total. The number of anilines is 1. The lowest BCUT2D eigenvalue weighted by atomic mass is 10.0. The number of amides is 3. The number of nitrogens with one attached hydrogen (secondary N) is 2. The van der Waals surface area contributed by atoms with Crippen LogP contribution in [0.1, 0.15) is 49.9 Å². The van der Waals surface area contributed by atoms with Gasteiger partial charge >= 0.3 is 6.03 Å². The third-order valence-corrected chi connectivity index (χ3v) is 6.20. The number of urea groups is 1. The summed E-state index contributed by atoms with van der Waals surface area (Å²) in [7, 11) is 0. The highest BCUT2D eigenvalue weighted by molar-refractivity contribution is 6.02. The standard InChI is InChI=1S/C21H29N7O3.CH4/c1-14-12-26(10-11-29)8-9-27(14)20(31)28-13-15-17(21(28,2)3)24-25-18(15)23-19(30)16-6-4-5-7-22-16;/h4-7,14,29H,8-13H2,1-3H3,(H2,23,24,25,30);1H4/t14-;/m0./s1. The zero-order valence-electron chi connectivity index (χ0n) is 18.1. The average molecular weight is 444 g/mol. The molecule has 2 aromatic heterocycles. The van der Waals surface area contributed by atoms with E-state index in [-0.39, 0.29) is 32.0 Å². The molecule has 1 saturated heterocycles. The molecule has 0 spiro atoms. The lowest BCUT2D eigenvalue weighted by Crippen LogP contribution is -2.58. The molecule has 174 valence electrons. The number of H-pyrrole nitrogens is 1. The van der Waals surface area contributed by atoms with E-state index in [1.54, 1.807) is 24.4 Å². The van der Waals surface area contributed by atoms with Gasteiger partial charge in [0.25, 0.3) is 5.91 Å². The maximum absolute atomic E-state index is 13.5. The van der Waals surface area contributed by atoms with E-state index in [1.807, 2.05) is 30.6 Å². The molecule has 3 amide bonds. The first kappa shape index (κ1) is 23.7. The van der Waals surface area contributed by atoms with Crippen LogP contribution in [-0.2, 0) is 12.1 Å². The summed E-state index contributed by atoms with van der Waals surface area (Å²) in [5.41, 5.74) is 1.35. The number of aromatic nitrogens is 3. The van der Waals surface area contributed by atoms with Gasteiger partial charge in [-0.15, -0.1) is 0 Å². The molecule has 2 aromatic rings. The average Bonchev–Trinajstić information content (AvgIpc) is 3.26. The molecule has 10 heteroatoms. The molecule has 1 atom stereocenters. The summed E-state index contributed by atoms with van der Waals surface area (Å²) < 4.78 is 0. The second-order valence-electron chi connectivity index (χ2n) is 8.59. The van der Waals surface area contributed by atoms with Crippen LogP contribution in [-0.4, -0.2) is 85.8 Å². The summed E-state index contributed by atoms with van der Waals surface area (Å²) in [6, 6.07) is 5.15. The Morgan fingerprint density at radius 1 is 1.31 bits per heavy atom. The van der Waals surface area contributed by atoms with Crippen molar-refractivity contribution < 1.29 is 14.7 Å². The number of aromatic amines is 1. The van der Waals surface area contributed by atoms with Crippen LogP contribution in [0.5, 0.6) is 0 Å². The normalized spacial score (nSPS) is 19.9. The van der Waals surface area contributed by atoms with Gasteiger partial charge in [0, 0.05) is 44.0 Å². The number of piperazine rings is 1. The monoisotopic (exact) mass is 443 g/mol. The van der Waals surface area contributed by atoms with Crippen molar-refractivity contribution in [3.05, 3.63) is 41.3 Å². The van der Waals surface area contributed by atoms with Gasteiger partial charge < -0.3 is 20.2 Å². The van der Waals surface area contributed by atoms with Gasteiger partial charge in [-0.05, 0) is 32.9 Å². The van der Waals surface area contributed by atoms with Crippen LogP contribution in [0.4, 0.5) is 10.6 Å². The first-order valence-electron chi connectivity index (χ1n) is 10.5. The fraction of sp³-hybridized carbons (Fsp3) is 0.545. The highest BCUT2D eigenvalue weighted by atomic mass is 16.3. The second-order valence-corrected chi connectivity index (χ2v) is 8.59. The summed E-state index contributed by atoms with van der Waals surface area (Å²) >= 11 is 0. The Bertz CT molecular complexity index is 960. The largest absolute Gasteiger partial charge is 0.395 e. The summed E-state index contributed by atoms with van der Waals surface area (Å²) in [5, 5.41) is 19.3. The summed E-state index contributed by atoms with van der Waals surface area (Å²) in [6.45, 7) is 9.18. The van der Waals surface area contributed by atoms with Crippen LogP contribution in [0.15, 0.2) is 24.4 Å². The number of carbonyl (C=O) groups is 2. The van der Waals surface area contributed by atoms with E-state index in [2.05, 4.69) is 25.4 Å². The summed E-state index contributed by atoms with van der Waals surface area (Å²) in [5.74, 6) is 0.0842. The molecule has 1 fully saturated rings. The molecule has 3 N–H and O–H groups in total. The fourth-order valence-corrected chi connectivity index (χ4v) is 4.41. The summed E-state index contributed by atoms with van der Waals surface area (Å²) in [4.78, 5) is 35.9. The number of fused-ring (bicyclic) bond motifs is 1. The molecule has 0 aliphatic carbocycles. The molecule has 0 saturated carbocycles. The molecular weight excluding hydrogens is 410 g/mol. The number of β-amino-alcohol motifs (C(OH)–C–C–N with tert-alkyl or cyclic N) is 1. The van der Waals surface area contributed by atoms with Gasteiger partial charge in [0.15, 0.2) is 5.82 Å². The SMILES string of the molecule is C.C[C@H]1CN(CCO)CCN1C(=O)N1Cc2c(NC(=O)c3ccccn3)n[nH]c2C1(C)C. The van der Waals surface area contributed by atoms with Crippen molar-refractivity contribution in [3.8, 4) is 0 Å². The van der Waals surface area contributed by atoms with Gasteiger partial charge in [0.1, 0.15) is 5.69 Å². The molecule has 0 radical (unpaired) electrons. The van der Waals surface area contributed by atoms with Crippen molar-refractivity contribution in [3.63, 3.8) is 0 Å². The molecule has 0 bridgehead atoms. The molecule has 4 rings (SSSR count). The van der Waals surface area contributed by atoms with Gasteiger partial charge in [0.2, 0.25) is 0 Å². The Kier molecular flexibility index (Phi) is 6.85. The van der Waals surface area contributed by atoms with Crippen molar-refractivity contribution in [2.75, 3.05) is 38.1 Å². The predicted octanol–water partition coefficient (Wildman–Crippen LogP) is 1.86. The Balaban J connectivity index is 0.00000289. The van der Waals surface area contributed by atoms with E-state index >= 15 is 0 Å². The van der Waals surface area contributed by atoms with Gasteiger partial charge in [0.05, 0.1) is 24.4 Å². The zero-order valence-corrected chi connectivity index (χ0v) is 18.1. The van der Waals surface area contributed by atoms with Gasteiger partial charge in [-0.1, -0.05) is 13.5 Å². The third kappa shape index (κ3) is 4.20. The van der Waals surface area contributed by atoms with Crippen LogP contribution < -0.4 is 5.32 Å². The topological polar surface area (TPSA) is 118 Å². The van der Waals surface area contributed by atoms with E-state index < -0.39 is 5.54 Å². The van der Waals surface area contributed by atoms with Crippen molar-refractivity contribution in [2.24, 2.45) is 0 Å². The number of pyridine rings is 1. The van der Waals surface area contributed by atoms with Crippen LogP contribution in [0, 0.1) is 0 Å². The van der Waals surface area contributed by atoms with Gasteiger partial charge in [-0.2, -0.15) is 5.10 Å². The van der Waals surface area contributed by atoms with E-state index in [1.165, 1.54) is 0 Å². The smallest absolute Gasteiger partial charge is 0.321 e. The Labute approximate surface area is 188 Å². The number of nitrogens with zero attached hydrogens (tertiary/aromatic N) is 5. The van der Waals surface area contributed by atoms with E-state index in [0.29, 0.717) is 31.1 Å². The minimum Gasteiger partial charge on any atom is -0.395 e. The quantitative estimate of drug-likeness (QED) is 0.664. The number of hydrogen-bond donors (Lipinski definition) is 3. The van der Waals surface area contributed by atoms with Crippen molar-refractivity contribution in [1.29, 1.82) is 0 Å². The highest BCUT2D eigenvalue weighted by Gasteiger charge is 2.46. The van der Waals surface area contributed by atoms with Crippen LogP contribution >= 0.6 is 0 Å². The maximum atomic E-state index is 13.5. The van der Waals surface area contributed by atoms with Crippen molar-refractivity contribution in [2.45, 2.75) is 46.3 Å². The first-order chi connectivity index (χ1) is 14.8. The molecule has 4 heterocycles. The number of hydrogen-bond acceptors (Lipinski definition) is 6. The van der Waals surface area contributed by atoms with Crippen molar-refractivity contribution in [1.82, 2.24) is 29.9 Å². The van der Waals surface area contributed by atoms with E-state index in [9.17, 15) is 14.7 Å². The Morgan fingerprint density at radius 3 is 2.75 bits per heavy atom. The minimum absolute atomic E-state index is 0. The van der Waals surface area contributed by atoms with Crippen LogP contribution in [0.25, 0.3) is 0 Å².